The Hall–Kier alpha value is -2.42. The molecule has 0 saturated carbocycles. The average Bonchev–Trinajstić information content (AvgIpc) is 2.78. The first-order chi connectivity index (χ1) is 14.7. The maximum atomic E-state index is 12.6. The summed E-state index contributed by atoms with van der Waals surface area (Å²) in [6.07, 6.45) is 6.83. The Bertz CT molecular complexity index is 628. The summed E-state index contributed by atoms with van der Waals surface area (Å²) in [7, 11) is 0. The number of nitrogens with zero attached hydrogens (tertiary/aromatic N) is 5. The number of rotatable bonds is 11. The number of anilines is 1. The van der Waals surface area contributed by atoms with E-state index in [1.54, 1.807) is 18.5 Å². The summed E-state index contributed by atoms with van der Waals surface area (Å²) >= 11 is 0. The highest BCUT2D eigenvalue weighted by atomic mass is 16.3. The molecule has 1 saturated heterocycles. The van der Waals surface area contributed by atoms with Gasteiger partial charge in [0, 0.05) is 71.2 Å². The van der Waals surface area contributed by atoms with Crippen LogP contribution in [0.25, 0.3) is 0 Å². The molecule has 1 atom stereocenters. The summed E-state index contributed by atoms with van der Waals surface area (Å²) in [5, 5.41) is 15.7. The van der Waals surface area contributed by atoms with Crippen molar-refractivity contribution in [3.63, 3.8) is 0 Å². The SMILES string of the molecule is CCCC(CCO)CN=C(NCC)NCCC(=O)N1CCN(c2ncccn2)CC1. The number of hydrogen-bond donors (Lipinski definition) is 3. The zero-order valence-corrected chi connectivity index (χ0v) is 18.4. The molecule has 2 heterocycles. The molecule has 0 radical (unpaired) electrons. The van der Waals surface area contributed by atoms with Crippen LogP contribution in [0.15, 0.2) is 23.5 Å². The van der Waals surface area contributed by atoms with Gasteiger partial charge in [0.05, 0.1) is 0 Å². The van der Waals surface area contributed by atoms with Crippen LogP contribution in [0.2, 0.25) is 0 Å². The second-order valence-corrected chi connectivity index (χ2v) is 7.48. The van der Waals surface area contributed by atoms with Gasteiger partial charge in [-0.25, -0.2) is 9.97 Å². The molecule has 1 aliphatic heterocycles. The van der Waals surface area contributed by atoms with Gasteiger partial charge in [-0.05, 0) is 31.7 Å². The van der Waals surface area contributed by atoms with E-state index >= 15 is 0 Å². The molecule has 9 heteroatoms. The minimum absolute atomic E-state index is 0.149. The fourth-order valence-corrected chi connectivity index (χ4v) is 3.54. The molecular weight excluding hydrogens is 382 g/mol. The van der Waals surface area contributed by atoms with Gasteiger partial charge in [-0.3, -0.25) is 9.79 Å². The zero-order chi connectivity index (χ0) is 21.6. The van der Waals surface area contributed by atoms with Gasteiger partial charge in [-0.1, -0.05) is 13.3 Å². The monoisotopic (exact) mass is 419 g/mol. The quantitative estimate of drug-likeness (QED) is 0.361. The van der Waals surface area contributed by atoms with Crippen molar-refractivity contribution in [3.05, 3.63) is 18.5 Å². The van der Waals surface area contributed by atoms with Gasteiger partial charge < -0.3 is 25.5 Å². The third kappa shape index (κ3) is 8.14. The first kappa shape index (κ1) is 23.9. The Morgan fingerprint density at radius 2 is 1.90 bits per heavy atom. The summed E-state index contributed by atoms with van der Waals surface area (Å²) in [5.41, 5.74) is 0. The number of amides is 1. The molecular formula is C21H37N7O2. The molecule has 0 aromatic carbocycles. The van der Waals surface area contributed by atoms with Crippen LogP contribution in [-0.4, -0.2) is 84.3 Å². The maximum Gasteiger partial charge on any atom is 0.225 e. The van der Waals surface area contributed by atoms with Crippen LogP contribution in [0.4, 0.5) is 5.95 Å². The lowest BCUT2D eigenvalue weighted by Crippen LogP contribution is -2.50. The van der Waals surface area contributed by atoms with Crippen LogP contribution in [0.3, 0.4) is 0 Å². The maximum absolute atomic E-state index is 12.6. The highest BCUT2D eigenvalue weighted by molar-refractivity contribution is 5.81. The highest BCUT2D eigenvalue weighted by Gasteiger charge is 2.22. The van der Waals surface area contributed by atoms with E-state index in [0.717, 1.165) is 50.8 Å². The zero-order valence-electron chi connectivity index (χ0n) is 18.4. The van der Waals surface area contributed by atoms with Crippen molar-refractivity contribution in [1.82, 2.24) is 25.5 Å². The van der Waals surface area contributed by atoms with E-state index < -0.39 is 0 Å². The van der Waals surface area contributed by atoms with Crippen molar-refractivity contribution in [2.75, 3.05) is 57.3 Å². The summed E-state index contributed by atoms with van der Waals surface area (Å²) in [5.74, 6) is 1.99. The number of aromatic nitrogens is 2. The van der Waals surface area contributed by atoms with Crippen LogP contribution in [-0.2, 0) is 4.79 Å². The van der Waals surface area contributed by atoms with Crippen molar-refractivity contribution in [1.29, 1.82) is 0 Å². The first-order valence-corrected chi connectivity index (χ1v) is 11.1. The van der Waals surface area contributed by atoms with E-state index in [-0.39, 0.29) is 12.5 Å². The summed E-state index contributed by atoms with van der Waals surface area (Å²) in [4.78, 5) is 29.8. The Kier molecular flexibility index (Phi) is 10.9. The minimum atomic E-state index is 0.149. The van der Waals surface area contributed by atoms with Gasteiger partial charge in [0.1, 0.15) is 0 Å². The number of piperazine rings is 1. The topological polar surface area (TPSA) is 106 Å². The Morgan fingerprint density at radius 1 is 1.17 bits per heavy atom. The molecule has 30 heavy (non-hydrogen) atoms. The van der Waals surface area contributed by atoms with E-state index in [0.29, 0.717) is 38.5 Å². The van der Waals surface area contributed by atoms with Gasteiger partial charge in [-0.15, -0.1) is 0 Å². The lowest BCUT2D eigenvalue weighted by molar-refractivity contribution is -0.131. The molecule has 1 aromatic heterocycles. The van der Waals surface area contributed by atoms with E-state index in [9.17, 15) is 9.90 Å². The lowest BCUT2D eigenvalue weighted by atomic mass is 10.0. The van der Waals surface area contributed by atoms with Crippen molar-refractivity contribution in [2.45, 2.75) is 39.5 Å². The Morgan fingerprint density at radius 3 is 2.53 bits per heavy atom. The second kappa shape index (κ2) is 13.7. The third-order valence-corrected chi connectivity index (χ3v) is 5.18. The Balaban J connectivity index is 1.74. The normalized spacial score (nSPS) is 15.8. The van der Waals surface area contributed by atoms with Crippen molar-refractivity contribution in [3.8, 4) is 0 Å². The number of aliphatic hydroxyl groups excluding tert-OH is 1. The van der Waals surface area contributed by atoms with E-state index in [2.05, 4.69) is 37.4 Å². The molecule has 1 fully saturated rings. The smallest absolute Gasteiger partial charge is 0.225 e. The molecule has 1 aliphatic rings. The van der Waals surface area contributed by atoms with Crippen molar-refractivity contribution in [2.24, 2.45) is 10.9 Å². The fraction of sp³-hybridized carbons (Fsp3) is 0.714. The van der Waals surface area contributed by atoms with Crippen molar-refractivity contribution < 1.29 is 9.90 Å². The third-order valence-electron chi connectivity index (χ3n) is 5.18. The second-order valence-electron chi connectivity index (χ2n) is 7.48. The lowest BCUT2D eigenvalue weighted by Gasteiger charge is -2.34. The van der Waals surface area contributed by atoms with Crippen LogP contribution in [0.1, 0.15) is 39.5 Å². The molecule has 0 bridgehead atoms. The summed E-state index contributed by atoms with van der Waals surface area (Å²) in [6, 6.07) is 1.80. The standard InChI is InChI=1S/C21H37N7O2/c1-3-6-18(8-16-29)17-26-20(22-4-2)23-11-7-19(30)27-12-14-28(15-13-27)21-24-9-5-10-25-21/h5,9-10,18,29H,3-4,6-8,11-17H2,1-2H3,(H2,22,23,26). The van der Waals surface area contributed by atoms with Crippen LogP contribution < -0.4 is 15.5 Å². The van der Waals surface area contributed by atoms with E-state index in [4.69, 9.17) is 0 Å². The molecule has 0 spiro atoms. The molecule has 2 rings (SSSR count). The Labute approximate surface area is 180 Å². The largest absolute Gasteiger partial charge is 0.396 e. The predicted molar refractivity (Wildman–Crippen MR) is 120 cm³/mol. The molecule has 3 N–H and O–H groups in total. The molecule has 1 aromatic rings. The highest BCUT2D eigenvalue weighted by Crippen LogP contribution is 2.11. The summed E-state index contributed by atoms with van der Waals surface area (Å²) < 4.78 is 0. The molecule has 1 unspecified atom stereocenters. The van der Waals surface area contributed by atoms with Gasteiger partial charge in [0.25, 0.3) is 0 Å². The number of guanidine groups is 1. The van der Waals surface area contributed by atoms with Gasteiger partial charge in [0.2, 0.25) is 11.9 Å². The van der Waals surface area contributed by atoms with Crippen LogP contribution in [0, 0.1) is 5.92 Å². The minimum Gasteiger partial charge on any atom is -0.396 e. The van der Waals surface area contributed by atoms with Crippen LogP contribution >= 0.6 is 0 Å². The number of aliphatic hydroxyl groups is 1. The number of nitrogens with one attached hydrogen (secondary N) is 2. The molecule has 1 amide bonds. The van der Waals surface area contributed by atoms with Gasteiger partial charge in [-0.2, -0.15) is 0 Å². The number of hydrogen-bond acceptors (Lipinski definition) is 6. The van der Waals surface area contributed by atoms with E-state index in [1.165, 1.54) is 0 Å². The number of aliphatic imine (C=N–C) groups is 1. The van der Waals surface area contributed by atoms with E-state index in [1.807, 2.05) is 11.8 Å². The van der Waals surface area contributed by atoms with Gasteiger partial charge >= 0.3 is 0 Å². The number of carbonyl (C=O) groups is 1. The molecule has 0 aliphatic carbocycles. The molecule has 168 valence electrons. The van der Waals surface area contributed by atoms with Crippen molar-refractivity contribution >= 4 is 17.8 Å². The average molecular weight is 420 g/mol. The molecule has 9 nitrogen and oxygen atoms in total. The summed E-state index contributed by atoms with van der Waals surface area (Å²) in [6.45, 7) is 9.23. The van der Waals surface area contributed by atoms with Crippen LogP contribution in [0.5, 0.6) is 0 Å². The fourth-order valence-electron chi connectivity index (χ4n) is 3.54. The predicted octanol–water partition coefficient (Wildman–Crippen LogP) is 0.869. The number of carbonyl (C=O) groups excluding carboxylic acids is 1. The first-order valence-electron chi connectivity index (χ1n) is 11.1. The van der Waals surface area contributed by atoms with Gasteiger partial charge in [0.15, 0.2) is 5.96 Å².